The highest BCUT2D eigenvalue weighted by Gasteiger charge is 2.21. The van der Waals surface area contributed by atoms with Gasteiger partial charge in [-0.25, -0.2) is 0 Å². The van der Waals surface area contributed by atoms with Gasteiger partial charge in [0.25, 0.3) is 0 Å². The van der Waals surface area contributed by atoms with Crippen molar-refractivity contribution in [1.82, 2.24) is 4.90 Å². The molecule has 26 heavy (non-hydrogen) atoms. The van der Waals surface area contributed by atoms with Crippen LogP contribution in [0.5, 0.6) is 5.75 Å². The molecule has 0 N–H and O–H groups in total. The fraction of sp³-hybridized carbons (Fsp3) is 0.278. The van der Waals surface area contributed by atoms with E-state index in [4.69, 9.17) is 9.15 Å². The number of nitrogens with zero attached hydrogens (tertiary/aromatic N) is 3. The van der Waals surface area contributed by atoms with Crippen molar-refractivity contribution < 1.29 is 18.9 Å². The molecule has 1 aromatic carbocycles. The lowest BCUT2D eigenvalue weighted by Crippen LogP contribution is -2.48. The van der Waals surface area contributed by atoms with Crippen molar-refractivity contribution in [1.29, 1.82) is 0 Å². The summed E-state index contributed by atoms with van der Waals surface area (Å²) in [7, 11) is 1.64. The number of piperazine rings is 1. The van der Waals surface area contributed by atoms with E-state index in [9.17, 15) is 14.9 Å². The molecule has 8 heteroatoms. The molecular formula is C18H19N3O5. The number of para-hydroxylation sites is 2. The number of ether oxygens (including phenoxy) is 1. The second-order valence-corrected chi connectivity index (χ2v) is 5.75. The number of benzene rings is 1. The third-order valence-corrected chi connectivity index (χ3v) is 4.20. The highest BCUT2D eigenvalue weighted by molar-refractivity contribution is 5.91. The predicted octanol–water partition coefficient (Wildman–Crippen LogP) is 2.56. The maximum absolute atomic E-state index is 12.3. The SMILES string of the molecule is COc1ccccc1N1CCN(C(=O)C=Cc2ccc([N+](=O)[O-])o2)CC1. The molecule has 1 aliphatic rings. The Kier molecular flexibility index (Phi) is 5.21. The van der Waals surface area contributed by atoms with E-state index in [1.54, 1.807) is 12.0 Å². The molecule has 0 radical (unpaired) electrons. The fourth-order valence-electron chi connectivity index (χ4n) is 2.85. The first-order valence-electron chi connectivity index (χ1n) is 8.17. The second kappa shape index (κ2) is 7.73. The standard InChI is InChI=1S/C18H19N3O5/c1-25-16-5-3-2-4-15(16)19-10-12-20(13-11-19)17(22)8-6-14-7-9-18(26-14)21(23)24/h2-9H,10-13H2,1H3. The van der Waals surface area contributed by atoms with Crippen molar-refractivity contribution in [3.8, 4) is 5.75 Å². The Labute approximate surface area is 150 Å². The number of hydrogen-bond donors (Lipinski definition) is 0. The Morgan fingerprint density at radius 3 is 2.58 bits per heavy atom. The number of nitro groups is 1. The maximum Gasteiger partial charge on any atom is 0.433 e. The summed E-state index contributed by atoms with van der Waals surface area (Å²) in [5.74, 6) is 0.593. The van der Waals surface area contributed by atoms with E-state index in [1.807, 2.05) is 24.3 Å². The van der Waals surface area contributed by atoms with Gasteiger partial charge in [-0.2, -0.15) is 0 Å². The maximum atomic E-state index is 12.3. The summed E-state index contributed by atoms with van der Waals surface area (Å²) in [6.07, 6.45) is 2.82. The minimum atomic E-state index is -0.615. The zero-order chi connectivity index (χ0) is 18.5. The molecule has 2 heterocycles. The number of anilines is 1. The number of amides is 1. The predicted molar refractivity (Wildman–Crippen MR) is 96.2 cm³/mol. The fourth-order valence-corrected chi connectivity index (χ4v) is 2.85. The van der Waals surface area contributed by atoms with Crippen molar-refractivity contribution >= 4 is 23.6 Å². The molecule has 1 amide bonds. The molecule has 0 aliphatic carbocycles. The zero-order valence-corrected chi connectivity index (χ0v) is 14.3. The molecule has 1 aromatic heterocycles. The lowest BCUT2D eigenvalue weighted by Gasteiger charge is -2.36. The van der Waals surface area contributed by atoms with Crippen molar-refractivity contribution in [2.75, 3.05) is 38.2 Å². The van der Waals surface area contributed by atoms with Crippen LogP contribution in [0.1, 0.15) is 5.76 Å². The van der Waals surface area contributed by atoms with E-state index < -0.39 is 4.92 Å². The highest BCUT2D eigenvalue weighted by atomic mass is 16.6. The summed E-state index contributed by atoms with van der Waals surface area (Å²) in [6, 6.07) is 10.5. The first-order chi connectivity index (χ1) is 12.6. The summed E-state index contributed by atoms with van der Waals surface area (Å²) in [5.41, 5.74) is 1.01. The van der Waals surface area contributed by atoms with Crippen molar-refractivity contribution in [2.24, 2.45) is 0 Å². The highest BCUT2D eigenvalue weighted by Crippen LogP contribution is 2.28. The van der Waals surface area contributed by atoms with Gasteiger partial charge in [0.15, 0.2) is 0 Å². The molecule has 0 spiro atoms. The minimum Gasteiger partial charge on any atom is -0.495 e. The first kappa shape index (κ1) is 17.5. The molecule has 1 saturated heterocycles. The monoisotopic (exact) mass is 357 g/mol. The molecule has 0 atom stereocenters. The molecule has 8 nitrogen and oxygen atoms in total. The van der Waals surface area contributed by atoms with Crippen LogP contribution in [0.15, 0.2) is 46.9 Å². The van der Waals surface area contributed by atoms with Gasteiger partial charge in [-0.1, -0.05) is 12.1 Å². The third kappa shape index (κ3) is 3.85. The van der Waals surface area contributed by atoms with E-state index in [2.05, 4.69) is 4.90 Å². The molecular weight excluding hydrogens is 338 g/mol. The number of hydrogen-bond acceptors (Lipinski definition) is 6. The van der Waals surface area contributed by atoms with Crippen molar-refractivity contribution in [3.05, 3.63) is 58.3 Å². The van der Waals surface area contributed by atoms with Crippen LogP contribution < -0.4 is 9.64 Å². The average molecular weight is 357 g/mol. The van der Waals surface area contributed by atoms with Crippen molar-refractivity contribution in [2.45, 2.75) is 0 Å². The van der Waals surface area contributed by atoms with Crippen LogP contribution in [0, 0.1) is 10.1 Å². The summed E-state index contributed by atoms with van der Waals surface area (Å²) in [6.45, 7) is 2.57. The molecule has 0 bridgehead atoms. The second-order valence-electron chi connectivity index (χ2n) is 5.75. The lowest BCUT2D eigenvalue weighted by molar-refractivity contribution is -0.402. The quantitative estimate of drug-likeness (QED) is 0.464. The molecule has 1 aliphatic heterocycles. The van der Waals surface area contributed by atoms with Crippen molar-refractivity contribution in [3.63, 3.8) is 0 Å². The summed E-state index contributed by atoms with van der Waals surface area (Å²) in [4.78, 5) is 26.2. The molecule has 3 rings (SSSR count). The molecule has 136 valence electrons. The number of carbonyl (C=O) groups is 1. The molecule has 2 aromatic rings. The topological polar surface area (TPSA) is 89.1 Å². The van der Waals surface area contributed by atoms with E-state index in [0.29, 0.717) is 26.2 Å². The van der Waals surface area contributed by atoms with Crippen LogP contribution in [-0.4, -0.2) is 49.0 Å². The van der Waals surface area contributed by atoms with E-state index in [1.165, 1.54) is 24.3 Å². The van der Waals surface area contributed by atoms with Crippen LogP contribution in [0.25, 0.3) is 6.08 Å². The Morgan fingerprint density at radius 2 is 1.92 bits per heavy atom. The average Bonchev–Trinajstić information content (AvgIpc) is 3.15. The van der Waals surface area contributed by atoms with Gasteiger partial charge >= 0.3 is 5.88 Å². The lowest BCUT2D eigenvalue weighted by atomic mass is 10.2. The number of rotatable bonds is 5. The summed E-state index contributed by atoms with van der Waals surface area (Å²) >= 11 is 0. The molecule has 0 saturated carbocycles. The number of methoxy groups -OCH3 is 1. The van der Waals surface area contributed by atoms with Gasteiger partial charge in [-0.3, -0.25) is 14.9 Å². The van der Waals surface area contributed by atoms with Crippen LogP contribution in [0.3, 0.4) is 0 Å². The Morgan fingerprint density at radius 1 is 1.19 bits per heavy atom. The van der Waals surface area contributed by atoms with Crippen LogP contribution in [0.2, 0.25) is 0 Å². The van der Waals surface area contributed by atoms with E-state index in [-0.39, 0.29) is 17.6 Å². The van der Waals surface area contributed by atoms with Gasteiger partial charge in [0.1, 0.15) is 16.4 Å². The summed E-state index contributed by atoms with van der Waals surface area (Å²) < 4.78 is 10.4. The van der Waals surface area contributed by atoms with Crippen LogP contribution >= 0.6 is 0 Å². The van der Waals surface area contributed by atoms with Gasteiger partial charge in [-0.15, -0.1) is 0 Å². The van der Waals surface area contributed by atoms with Gasteiger partial charge in [0.2, 0.25) is 5.91 Å². The van der Waals surface area contributed by atoms with Gasteiger partial charge < -0.3 is 19.0 Å². The Bertz CT molecular complexity index is 822. The number of carbonyl (C=O) groups excluding carboxylic acids is 1. The zero-order valence-electron chi connectivity index (χ0n) is 14.3. The van der Waals surface area contributed by atoms with E-state index in [0.717, 1.165) is 11.4 Å². The first-order valence-corrected chi connectivity index (χ1v) is 8.17. The minimum absolute atomic E-state index is 0.149. The Balaban J connectivity index is 1.58. The smallest absolute Gasteiger partial charge is 0.433 e. The largest absolute Gasteiger partial charge is 0.495 e. The third-order valence-electron chi connectivity index (χ3n) is 4.20. The van der Waals surface area contributed by atoms with Gasteiger partial charge in [-0.05, 0) is 24.3 Å². The van der Waals surface area contributed by atoms with Crippen LogP contribution in [-0.2, 0) is 4.79 Å². The van der Waals surface area contributed by atoms with E-state index >= 15 is 0 Å². The van der Waals surface area contributed by atoms with Crippen LogP contribution in [0.4, 0.5) is 11.6 Å². The summed E-state index contributed by atoms with van der Waals surface area (Å²) in [5, 5.41) is 10.6. The molecule has 1 fully saturated rings. The normalized spacial score (nSPS) is 14.7. The van der Waals surface area contributed by atoms with Gasteiger partial charge in [0.05, 0.1) is 18.9 Å². The molecule has 0 unspecified atom stereocenters. The Hall–Kier alpha value is -3.29. The van der Waals surface area contributed by atoms with Gasteiger partial charge in [0, 0.05) is 32.3 Å². The number of furan rings is 1.